The SMILES string of the molecule is CC.CCCC(N)CCC.CCc1ccccc1.O=CCc1csc(NC(=O)OCCc2cccnc2)n1. The molecule has 0 saturated heterocycles. The van der Waals surface area contributed by atoms with Crippen LogP contribution in [0.1, 0.15) is 77.1 Å². The summed E-state index contributed by atoms with van der Waals surface area (Å²) in [5.41, 5.74) is 8.74. The number of amides is 1. The smallest absolute Gasteiger partial charge is 0.413 e. The van der Waals surface area contributed by atoms with Crippen LogP contribution >= 0.6 is 11.3 Å². The molecule has 1 amide bonds. The number of hydrogen-bond acceptors (Lipinski definition) is 7. The average molecular weight is 543 g/mol. The lowest BCUT2D eigenvalue weighted by Crippen LogP contribution is -2.18. The monoisotopic (exact) mass is 542 g/mol. The van der Waals surface area contributed by atoms with Crippen LogP contribution in [-0.4, -0.2) is 35.0 Å². The molecule has 8 heteroatoms. The van der Waals surface area contributed by atoms with Gasteiger partial charge in [0, 0.05) is 36.7 Å². The summed E-state index contributed by atoms with van der Waals surface area (Å²) >= 11 is 1.26. The van der Waals surface area contributed by atoms with E-state index in [9.17, 15) is 9.59 Å². The molecule has 0 spiro atoms. The summed E-state index contributed by atoms with van der Waals surface area (Å²) in [4.78, 5) is 29.9. The maximum Gasteiger partial charge on any atom is 0.413 e. The summed E-state index contributed by atoms with van der Waals surface area (Å²) in [5.74, 6) is 0. The molecule has 3 rings (SSSR count). The highest BCUT2D eigenvalue weighted by Gasteiger charge is 2.07. The summed E-state index contributed by atoms with van der Waals surface area (Å²) in [6.45, 7) is 10.8. The highest BCUT2D eigenvalue weighted by molar-refractivity contribution is 7.13. The number of thiazole rings is 1. The Labute approximate surface area is 233 Å². The van der Waals surface area contributed by atoms with Gasteiger partial charge in [-0.25, -0.2) is 9.78 Å². The highest BCUT2D eigenvalue weighted by Crippen LogP contribution is 2.15. The van der Waals surface area contributed by atoms with E-state index >= 15 is 0 Å². The number of nitrogens with one attached hydrogen (secondary N) is 1. The predicted octanol–water partition coefficient (Wildman–Crippen LogP) is 7.26. The highest BCUT2D eigenvalue weighted by atomic mass is 32.1. The van der Waals surface area contributed by atoms with Crippen LogP contribution in [0, 0.1) is 0 Å². The fraction of sp³-hybridized carbons (Fsp3) is 0.467. The Morgan fingerprint density at radius 2 is 1.71 bits per heavy atom. The first-order chi connectivity index (χ1) is 18.5. The van der Waals surface area contributed by atoms with Crippen LogP contribution in [0.5, 0.6) is 0 Å². The minimum atomic E-state index is -0.555. The second-order valence-corrected chi connectivity index (χ2v) is 8.92. The molecule has 0 bridgehead atoms. The lowest BCUT2D eigenvalue weighted by Gasteiger charge is -2.05. The number of carbonyl (C=O) groups excluding carboxylic acids is 2. The molecule has 0 atom stereocenters. The maximum absolute atomic E-state index is 11.5. The molecule has 0 radical (unpaired) electrons. The molecule has 0 aliphatic rings. The topological polar surface area (TPSA) is 107 Å². The van der Waals surface area contributed by atoms with Gasteiger partial charge in [0.1, 0.15) is 6.29 Å². The van der Waals surface area contributed by atoms with Crippen LogP contribution in [0.2, 0.25) is 0 Å². The van der Waals surface area contributed by atoms with Crippen molar-refractivity contribution in [2.45, 2.75) is 85.6 Å². The minimum absolute atomic E-state index is 0.244. The van der Waals surface area contributed by atoms with Crippen LogP contribution < -0.4 is 11.1 Å². The standard InChI is InChI=1S/C13H13N3O3S.C8H10.C7H17N.C2H6/c17-6-3-11-9-20-12(15-11)16-13(18)19-7-4-10-2-1-5-14-8-10;1-2-8-6-4-3-5-7-8;1-3-5-7(8)6-4-2;1-2/h1-2,5-6,8-9H,3-4,7H2,(H,15,16,18);3-7H,2H2,1H3;7H,3-6,8H2,1-2H3;1-2H3. The molecule has 0 unspecified atom stereocenters. The van der Waals surface area contributed by atoms with Gasteiger partial charge in [-0.3, -0.25) is 10.3 Å². The second kappa shape index (κ2) is 24.2. The molecule has 2 heterocycles. The van der Waals surface area contributed by atoms with Crippen LogP contribution in [0.15, 0.2) is 60.2 Å². The van der Waals surface area contributed by atoms with E-state index in [0.717, 1.165) is 18.3 Å². The van der Waals surface area contributed by atoms with Gasteiger partial charge < -0.3 is 15.3 Å². The van der Waals surface area contributed by atoms with Crippen molar-refractivity contribution in [3.8, 4) is 0 Å². The van der Waals surface area contributed by atoms with Crippen LogP contribution in [0.4, 0.5) is 9.93 Å². The molecule has 0 saturated carbocycles. The summed E-state index contributed by atoms with van der Waals surface area (Å²) < 4.78 is 5.04. The van der Waals surface area contributed by atoms with Gasteiger partial charge in [-0.2, -0.15) is 0 Å². The van der Waals surface area contributed by atoms with Crippen molar-refractivity contribution in [1.29, 1.82) is 0 Å². The Balaban J connectivity index is 0.000000627. The van der Waals surface area contributed by atoms with E-state index in [0.29, 0.717) is 23.3 Å². The van der Waals surface area contributed by atoms with Crippen molar-refractivity contribution >= 4 is 28.8 Å². The number of pyridine rings is 1. The number of hydrogen-bond donors (Lipinski definition) is 2. The third-order valence-corrected chi connectivity index (χ3v) is 5.78. The van der Waals surface area contributed by atoms with E-state index in [-0.39, 0.29) is 13.0 Å². The zero-order chi connectivity index (χ0) is 28.4. The Morgan fingerprint density at radius 1 is 1.05 bits per heavy atom. The van der Waals surface area contributed by atoms with Gasteiger partial charge in [0.25, 0.3) is 0 Å². The molecule has 7 nitrogen and oxygen atoms in total. The maximum atomic E-state index is 11.5. The molecular formula is C30H46N4O3S. The first-order valence-corrected chi connectivity index (χ1v) is 14.4. The van der Waals surface area contributed by atoms with Gasteiger partial charge in [0.2, 0.25) is 0 Å². The summed E-state index contributed by atoms with van der Waals surface area (Å²) in [7, 11) is 0. The molecular weight excluding hydrogens is 496 g/mol. The van der Waals surface area contributed by atoms with E-state index in [1.54, 1.807) is 17.8 Å². The average Bonchev–Trinajstić information content (AvgIpc) is 3.38. The van der Waals surface area contributed by atoms with Crippen molar-refractivity contribution < 1.29 is 14.3 Å². The van der Waals surface area contributed by atoms with E-state index in [2.05, 4.69) is 60.3 Å². The molecule has 0 aliphatic heterocycles. The molecule has 38 heavy (non-hydrogen) atoms. The Bertz CT molecular complexity index is 946. The molecule has 3 N–H and O–H groups in total. The Kier molecular flexibility index (Phi) is 22.3. The summed E-state index contributed by atoms with van der Waals surface area (Å²) in [6.07, 6.45) is 10.4. The zero-order valence-electron chi connectivity index (χ0n) is 23.7. The fourth-order valence-corrected chi connectivity index (χ4v) is 3.78. The minimum Gasteiger partial charge on any atom is -0.449 e. The zero-order valence-corrected chi connectivity index (χ0v) is 24.5. The number of aldehydes is 1. The van der Waals surface area contributed by atoms with Crippen molar-refractivity contribution in [1.82, 2.24) is 9.97 Å². The van der Waals surface area contributed by atoms with Gasteiger partial charge in [0.05, 0.1) is 12.3 Å². The largest absolute Gasteiger partial charge is 0.449 e. The van der Waals surface area contributed by atoms with Gasteiger partial charge in [-0.05, 0) is 36.5 Å². The molecule has 2 aromatic heterocycles. The lowest BCUT2D eigenvalue weighted by molar-refractivity contribution is -0.107. The van der Waals surface area contributed by atoms with Crippen molar-refractivity contribution in [2.75, 3.05) is 11.9 Å². The van der Waals surface area contributed by atoms with Gasteiger partial charge >= 0.3 is 6.09 Å². The number of aryl methyl sites for hydroxylation is 1. The van der Waals surface area contributed by atoms with E-state index in [1.165, 1.54) is 42.6 Å². The second-order valence-electron chi connectivity index (χ2n) is 8.06. The van der Waals surface area contributed by atoms with E-state index < -0.39 is 6.09 Å². The molecule has 1 aromatic carbocycles. The Hall–Kier alpha value is -3.10. The Morgan fingerprint density at radius 3 is 2.24 bits per heavy atom. The summed E-state index contributed by atoms with van der Waals surface area (Å²) in [6, 6.07) is 14.7. The quantitative estimate of drug-likeness (QED) is 0.247. The number of carbonyl (C=O) groups is 2. The first kappa shape index (κ1) is 34.9. The van der Waals surface area contributed by atoms with Gasteiger partial charge in [0.15, 0.2) is 5.13 Å². The number of rotatable bonds is 11. The fourth-order valence-electron chi connectivity index (χ4n) is 3.07. The van der Waals surface area contributed by atoms with Gasteiger partial charge in [-0.15, -0.1) is 11.3 Å². The van der Waals surface area contributed by atoms with Crippen molar-refractivity contribution in [3.05, 3.63) is 77.1 Å². The number of nitrogens with two attached hydrogens (primary N) is 1. The molecule has 210 valence electrons. The lowest BCUT2D eigenvalue weighted by atomic mass is 10.1. The van der Waals surface area contributed by atoms with Crippen molar-refractivity contribution in [2.24, 2.45) is 5.73 Å². The number of aromatic nitrogens is 2. The molecule has 0 fully saturated rings. The third kappa shape index (κ3) is 18.2. The predicted molar refractivity (Wildman–Crippen MR) is 160 cm³/mol. The van der Waals surface area contributed by atoms with Crippen LogP contribution in [0.3, 0.4) is 0 Å². The molecule has 0 aliphatic carbocycles. The van der Waals surface area contributed by atoms with Crippen LogP contribution in [-0.2, 0) is 28.8 Å². The number of ether oxygens (including phenoxy) is 1. The van der Waals surface area contributed by atoms with Crippen molar-refractivity contribution in [3.63, 3.8) is 0 Å². The van der Waals surface area contributed by atoms with Crippen LogP contribution in [0.25, 0.3) is 0 Å². The number of anilines is 1. The normalized spacial score (nSPS) is 9.55. The number of benzene rings is 1. The molecule has 3 aromatic rings. The first-order valence-electron chi connectivity index (χ1n) is 13.5. The number of nitrogens with zero attached hydrogens (tertiary/aromatic N) is 2. The van der Waals surface area contributed by atoms with E-state index in [1.807, 2.05) is 32.0 Å². The van der Waals surface area contributed by atoms with E-state index in [4.69, 9.17) is 10.5 Å². The summed E-state index contributed by atoms with van der Waals surface area (Å²) in [5, 5.41) is 4.67. The van der Waals surface area contributed by atoms with Gasteiger partial charge in [-0.1, -0.05) is 83.9 Å². The third-order valence-electron chi connectivity index (χ3n) is 4.97.